The normalized spacial score (nSPS) is 14.8. The molecule has 0 saturated carbocycles. The van der Waals surface area contributed by atoms with Crippen molar-refractivity contribution < 1.29 is 14.3 Å². The summed E-state index contributed by atoms with van der Waals surface area (Å²) in [6.07, 6.45) is 0. The highest BCUT2D eigenvalue weighted by molar-refractivity contribution is 6.30. The van der Waals surface area contributed by atoms with Crippen LogP contribution in [0.1, 0.15) is 11.1 Å². The van der Waals surface area contributed by atoms with E-state index in [1.165, 1.54) is 5.56 Å². The highest BCUT2D eigenvalue weighted by atomic mass is 35.5. The zero-order valence-corrected chi connectivity index (χ0v) is 16.8. The van der Waals surface area contributed by atoms with Gasteiger partial charge in [-0.15, -0.1) is 0 Å². The number of hydrogen-bond donors (Lipinski definition) is 1. The number of carbonyl (C=O) groups is 1. The number of carbonyl (C=O) groups excluding carboxylic acids is 1. The van der Waals surface area contributed by atoms with Crippen molar-refractivity contribution in [2.24, 2.45) is 5.73 Å². The van der Waals surface area contributed by atoms with Gasteiger partial charge in [-0.25, -0.2) is 0 Å². The lowest BCUT2D eigenvalue weighted by Crippen LogP contribution is -2.49. The summed E-state index contributed by atoms with van der Waals surface area (Å²) in [4.78, 5) is 16.7. The molecule has 1 amide bonds. The molecular formula is C21H26ClN3O3. The Bertz CT molecular complexity index is 790. The van der Waals surface area contributed by atoms with E-state index in [2.05, 4.69) is 4.90 Å². The lowest BCUT2D eigenvalue weighted by atomic mass is 10.2. The molecule has 1 aliphatic rings. The third-order valence-corrected chi connectivity index (χ3v) is 5.11. The molecule has 1 aliphatic heterocycles. The second-order valence-electron chi connectivity index (χ2n) is 6.76. The largest absolute Gasteiger partial charge is 0.493 e. The summed E-state index contributed by atoms with van der Waals surface area (Å²) in [6, 6.07) is 13.4. The van der Waals surface area contributed by atoms with E-state index in [1.807, 2.05) is 41.3 Å². The zero-order valence-electron chi connectivity index (χ0n) is 16.1. The Labute approximate surface area is 170 Å². The van der Waals surface area contributed by atoms with Gasteiger partial charge in [0.15, 0.2) is 18.1 Å². The monoisotopic (exact) mass is 403 g/mol. The van der Waals surface area contributed by atoms with Crippen LogP contribution in [0.25, 0.3) is 0 Å². The Kier molecular flexibility index (Phi) is 7.14. The molecule has 6 nitrogen and oxygen atoms in total. The molecule has 0 aromatic heterocycles. The molecule has 0 radical (unpaired) electrons. The van der Waals surface area contributed by atoms with E-state index >= 15 is 0 Å². The van der Waals surface area contributed by atoms with Crippen LogP contribution in [0.15, 0.2) is 42.5 Å². The molecule has 1 fully saturated rings. The van der Waals surface area contributed by atoms with Gasteiger partial charge in [-0.05, 0) is 35.4 Å². The van der Waals surface area contributed by atoms with Gasteiger partial charge < -0.3 is 20.1 Å². The fourth-order valence-electron chi connectivity index (χ4n) is 3.19. The average Bonchev–Trinajstić information content (AvgIpc) is 2.74. The van der Waals surface area contributed by atoms with Gasteiger partial charge in [-0.1, -0.05) is 29.8 Å². The maximum Gasteiger partial charge on any atom is 0.260 e. The van der Waals surface area contributed by atoms with Gasteiger partial charge in [0, 0.05) is 44.3 Å². The number of nitrogens with zero attached hydrogens (tertiary/aromatic N) is 2. The summed E-state index contributed by atoms with van der Waals surface area (Å²) in [5, 5.41) is 0.744. The highest BCUT2D eigenvalue weighted by Crippen LogP contribution is 2.28. The molecule has 2 aromatic carbocycles. The van der Waals surface area contributed by atoms with E-state index in [0.717, 1.165) is 30.2 Å². The fraction of sp³-hybridized carbons (Fsp3) is 0.381. The molecule has 3 rings (SSSR count). The summed E-state index contributed by atoms with van der Waals surface area (Å²) < 4.78 is 11.0. The van der Waals surface area contributed by atoms with Gasteiger partial charge in [0.1, 0.15) is 0 Å². The van der Waals surface area contributed by atoms with Gasteiger partial charge in [0.25, 0.3) is 5.91 Å². The van der Waals surface area contributed by atoms with Crippen molar-refractivity contribution in [2.45, 2.75) is 13.1 Å². The van der Waals surface area contributed by atoms with Crippen LogP contribution in [-0.4, -0.2) is 55.6 Å². The van der Waals surface area contributed by atoms with Gasteiger partial charge in [0.05, 0.1) is 7.11 Å². The summed E-state index contributed by atoms with van der Waals surface area (Å²) in [5.41, 5.74) is 7.82. The molecule has 0 spiro atoms. The first kappa shape index (κ1) is 20.5. The Morgan fingerprint density at radius 2 is 1.71 bits per heavy atom. The van der Waals surface area contributed by atoms with Crippen molar-refractivity contribution in [3.63, 3.8) is 0 Å². The fourth-order valence-corrected chi connectivity index (χ4v) is 3.32. The minimum Gasteiger partial charge on any atom is -0.493 e. The van der Waals surface area contributed by atoms with Crippen molar-refractivity contribution in [1.82, 2.24) is 9.80 Å². The third kappa shape index (κ3) is 5.38. The second kappa shape index (κ2) is 9.78. The van der Waals surface area contributed by atoms with E-state index in [9.17, 15) is 4.79 Å². The number of amides is 1. The number of halogens is 1. The number of benzene rings is 2. The second-order valence-corrected chi connectivity index (χ2v) is 7.20. The van der Waals surface area contributed by atoms with Crippen molar-refractivity contribution in [3.05, 3.63) is 58.6 Å². The quantitative estimate of drug-likeness (QED) is 0.769. The SMILES string of the molecule is COc1cc(CN)ccc1OCC(=O)N1CCN(Cc2ccc(Cl)cc2)CC1. The van der Waals surface area contributed by atoms with E-state index in [-0.39, 0.29) is 12.5 Å². The van der Waals surface area contributed by atoms with Crippen molar-refractivity contribution in [2.75, 3.05) is 39.9 Å². The van der Waals surface area contributed by atoms with Gasteiger partial charge in [-0.2, -0.15) is 0 Å². The first-order valence-corrected chi connectivity index (χ1v) is 9.71. The third-order valence-electron chi connectivity index (χ3n) is 4.86. The Balaban J connectivity index is 1.47. The van der Waals surface area contributed by atoms with Crippen LogP contribution in [-0.2, 0) is 17.9 Å². The van der Waals surface area contributed by atoms with Crippen molar-refractivity contribution in [3.8, 4) is 11.5 Å². The summed E-state index contributed by atoms with van der Waals surface area (Å²) in [5.74, 6) is 1.12. The molecule has 1 heterocycles. The molecule has 0 atom stereocenters. The maximum absolute atomic E-state index is 12.5. The minimum atomic E-state index is -0.0175. The van der Waals surface area contributed by atoms with Gasteiger partial charge in [-0.3, -0.25) is 9.69 Å². The Morgan fingerprint density at radius 3 is 2.36 bits per heavy atom. The lowest BCUT2D eigenvalue weighted by Gasteiger charge is -2.34. The number of hydrogen-bond acceptors (Lipinski definition) is 5. The average molecular weight is 404 g/mol. The predicted molar refractivity (Wildman–Crippen MR) is 110 cm³/mol. The topological polar surface area (TPSA) is 68.0 Å². The van der Waals surface area contributed by atoms with Gasteiger partial charge >= 0.3 is 0 Å². The standard InChI is InChI=1S/C21H26ClN3O3/c1-27-20-12-17(13-23)4-7-19(20)28-15-21(26)25-10-8-24(9-11-25)14-16-2-5-18(22)6-3-16/h2-7,12H,8-11,13-15,23H2,1H3. The first-order valence-electron chi connectivity index (χ1n) is 9.33. The number of rotatable bonds is 7. The molecule has 150 valence electrons. The van der Waals surface area contributed by atoms with Crippen LogP contribution in [0.5, 0.6) is 11.5 Å². The van der Waals surface area contributed by atoms with Crippen LogP contribution in [0, 0.1) is 0 Å². The minimum absolute atomic E-state index is 0.00445. The smallest absolute Gasteiger partial charge is 0.260 e. The van der Waals surface area contributed by atoms with Crippen molar-refractivity contribution in [1.29, 1.82) is 0 Å². The van der Waals surface area contributed by atoms with E-state index in [0.29, 0.717) is 31.1 Å². The number of nitrogens with two attached hydrogens (primary N) is 1. The lowest BCUT2D eigenvalue weighted by molar-refractivity contribution is -0.135. The van der Waals surface area contributed by atoms with Crippen LogP contribution < -0.4 is 15.2 Å². The molecule has 1 saturated heterocycles. The van der Waals surface area contributed by atoms with Crippen molar-refractivity contribution >= 4 is 17.5 Å². The zero-order chi connectivity index (χ0) is 19.9. The van der Waals surface area contributed by atoms with E-state index < -0.39 is 0 Å². The Hall–Kier alpha value is -2.28. The predicted octanol–water partition coefficient (Wildman–Crippen LogP) is 2.53. The highest BCUT2D eigenvalue weighted by Gasteiger charge is 2.21. The van der Waals surface area contributed by atoms with E-state index in [1.54, 1.807) is 13.2 Å². The number of methoxy groups -OCH3 is 1. The number of ether oxygens (including phenoxy) is 2. The molecule has 2 N–H and O–H groups in total. The molecule has 0 bridgehead atoms. The van der Waals surface area contributed by atoms with Crippen LogP contribution in [0.4, 0.5) is 0 Å². The molecule has 28 heavy (non-hydrogen) atoms. The molecule has 7 heteroatoms. The number of piperazine rings is 1. The molecule has 0 unspecified atom stereocenters. The van der Waals surface area contributed by atoms with Crippen LogP contribution in [0.2, 0.25) is 5.02 Å². The molecule has 0 aliphatic carbocycles. The van der Waals surface area contributed by atoms with Crippen LogP contribution >= 0.6 is 11.6 Å². The molecule has 2 aromatic rings. The van der Waals surface area contributed by atoms with E-state index in [4.69, 9.17) is 26.8 Å². The summed E-state index contributed by atoms with van der Waals surface area (Å²) in [6.45, 7) is 4.34. The maximum atomic E-state index is 12.5. The van der Waals surface area contributed by atoms with Crippen LogP contribution in [0.3, 0.4) is 0 Å². The molecular weight excluding hydrogens is 378 g/mol. The Morgan fingerprint density at radius 1 is 1.04 bits per heavy atom. The summed E-state index contributed by atoms with van der Waals surface area (Å²) in [7, 11) is 1.57. The first-order chi connectivity index (χ1) is 13.6. The van der Waals surface area contributed by atoms with Gasteiger partial charge in [0.2, 0.25) is 0 Å². The summed E-state index contributed by atoms with van der Waals surface area (Å²) >= 11 is 5.93.